The van der Waals surface area contributed by atoms with Gasteiger partial charge in [-0.25, -0.2) is 0 Å². The molecule has 0 saturated heterocycles. The molecule has 3 heterocycles. The summed E-state index contributed by atoms with van der Waals surface area (Å²) < 4.78 is 10.2. The quantitative estimate of drug-likeness (QED) is 0.136. The van der Waals surface area contributed by atoms with Gasteiger partial charge in [0.1, 0.15) is 11.3 Å². The number of benzene rings is 4. The van der Waals surface area contributed by atoms with Crippen LogP contribution in [0.1, 0.15) is 30.5 Å². The van der Waals surface area contributed by atoms with E-state index < -0.39 is 0 Å². The summed E-state index contributed by atoms with van der Waals surface area (Å²) in [5.41, 5.74) is 10.8. The van der Waals surface area contributed by atoms with Crippen LogP contribution in [0.4, 0.5) is 17.1 Å². The van der Waals surface area contributed by atoms with Crippen LogP contribution in [0.3, 0.4) is 0 Å². The van der Waals surface area contributed by atoms with Crippen LogP contribution < -0.4 is 4.58 Å². The second-order valence-corrected chi connectivity index (χ2v) is 10.5. The third kappa shape index (κ3) is 5.58. The van der Waals surface area contributed by atoms with Crippen LogP contribution in [0.25, 0.3) is 33.2 Å². The van der Waals surface area contributed by atoms with Gasteiger partial charge in [-0.15, -0.1) is 47.5 Å². The first-order valence-electron chi connectivity index (χ1n) is 13.6. The minimum absolute atomic E-state index is 0. The Hall–Kier alpha value is -4.14. The van der Waals surface area contributed by atoms with Crippen molar-refractivity contribution in [1.29, 1.82) is 0 Å². The van der Waals surface area contributed by atoms with Gasteiger partial charge in [0.25, 0.3) is 11.4 Å². The molecule has 7 rings (SSSR count). The van der Waals surface area contributed by atoms with Gasteiger partial charge in [-0.3, -0.25) is 0 Å². The number of hydrogen-bond donors (Lipinski definition) is 0. The van der Waals surface area contributed by atoms with Crippen molar-refractivity contribution in [2.45, 2.75) is 40.7 Å². The number of aromatic nitrogens is 1. The number of hydrogen-bond acceptors (Lipinski definition) is 2. The number of aryl methyl sites for hydroxylation is 3. The van der Waals surface area contributed by atoms with Gasteiger partial charge >= 0.3 is 6.01 Å². The minimum atomic E-state index is 0. The molecule has 1 aliphatic rings. The maximum atomic E-state index is 5.92. The number of fused-ring (bicyclic) bond motifs is 4. The molecule has 2 aromatic heterocycles. The number of nitrogens with zero attached hydrogens (tertiary/aromatic N) is 3. The Morgan fingerprint density at radius 2 is 1.54 bits per heavy atom. The van der Waals surface area contributed by atoms with E-state index in [-0.39, 0.29) is 20.1 Å². The van der Waals surface area contributed by atoms with Gasteiger partial charge in [0.15, 0.2) is 6.04 Å². The molecule has 0 bridgehead atoms. The number of furan rings is 1. The summed E-state index contributed by atoms with van der Waals surface area (Å²) in [4.78, 5) is 4.41. The summed E-state index contributed by atoms with van der Waals surface area (Å²) in [7, 11) is 0. The Labute approximate surface area is 254 Å². The third-order valence-electron chi connectivity index (χ3n) is 7.26. The molecule has 0 spiro atoms. The second kappa shape index (κ2) is 11.8. The molecule has 1 aliphatic heterocycles. The fraction of sp³-hybridized carbons (Fsp3) is 0.167. The monoisotopic (exact) mass is 714 g/mol. The predicted octanol–water partition coefficient (Wildman–Crippen LogP) is 8.93. The molecular weight excluding hydrogens is 683 g/mol. The summed E-state index contributed by atoms with van der Waals surface area (Å²) in [6.45, 7) is 10.6. The molecule has 205 valence electrons. The van der Waals surface area contributed by atoms with Gasteiger partial charge in [0, 0.05) is 49.4 Å². The van der Waals surface area contributed by atoms with E-state index in [1.807, 2.05) is 36.5 Å². The van der Waals surface area contributed by atoms with Gasteiger partial charge in [-0.05, 0) is 45.0 Å². The van der Waals surface area contributed by atoms with E-state index in [0.29, 0.717) is 6.04 Å². The van der Waals surface area contributed by atoms with Gasteiger partial charge in [0.05, 0.1) is 0 Å². The zero-order valence-corrected chi connectivity index (χ0v) is 26.2. The van der Waals surface area contributed by atoms with Crippen molar-refractivity contribution in [3.05, 3.63) is 120 Å². The molecule has 0 amide bonds. The maximum Gasteiger partial charge on any atom is 0.494 e. The molecule has 0 aliphatic carbocycles. The van der Waals surface area contributed by atoms with E-state index in [9.17, 15) is 0 Å². The maximum absolute atomic E-state index is 5.92. The van der Waals surface area contributed by atoms with E-state index in [0.717, 1.165) is 44.6 Å². The molecule has 0 fully saturated rings. The standard InChI is InChI=1S/C22H17N2O.C14H14N.Ir/c1-15(2)23-14-24(20-9-5-4-8-19(20)23)16-11-12-22-18(13-16)17-7-3-6-10-21(17)25-22;1-10-4-6-13(7-5-10)14-8-11(2)12(3)9-15-14;/h3-10,12-13,15H,1-2H3;4-6,8-9H,1-3H3;/q+1;-1;. The van der Waals surface area contributed by atoms with Crippen LogP contribution >= 0.6 is 0 Å². The van der Waals surface area contributed by atoms with Gasteiger partial charge in [-0.1, -0.05) is 69.5 Å². The first-order chi connectivity index (χ1) is 19.4. The van der Waals surface area contributed by atoms with Crippen molar-refractivity contribution in [3.8, 4) is 11.3 Å². The molecule has 0 atom stereocenters. The van der Waals surface area contributed by atoms with Gasteiger partial charge in [0.2, 0.25) is 0 Å². The first-order valence-corrected chi connectivity index (χ1v) is 13.6. The largest absolute Gasteiger partial charge is 0.516 e. The van der Waals surface area contributed by atoms with Crippen molar-refractivity contribution < 1.29 is 29.1 Å². The van der Waals surface area contributed by atoms with Crippen LogP contribution in [-0.4, -0.2) is 21.6 Å². The van der Waals surface area contributed by atoms with E-state index in [1.165, 1.54) is 22.4 Å². The van der Waals surface area contributed by atoms with Crippen molar-refractivity contribution in [2.24, 2.45) is 0 Å². The van der Waals surface area contributed by atoms with E-state index >= 15 is 0 Å². The summed E-state index contributed by atoms with van der Waals surface area (Å²) in [5.74, 6) is 0. The minimum Gasteiger partial charge on any atom is -0.516 e. The van der Waals surface area contributed by atoms with E-state index in [1.54, 1.807) is 0 Å². The molecule has 0 saturated carbocycles. The van der Waals surface area contributed by atoms with E-state index in [4.69, 9.17) is 4.42 Å². The predicted molar refractivity (Wildman–Crippen MR) is 163 cm³/mol. The summed E-state index contributed by atoms with van der Waals surface area (Å²) in [5, 5.41) is 2.23. The summed E-state index contributed by atoms with van der Waals surface area (Å²) in [6.07, 6.45) is 1.92. The number of pyridine rings is 1. The second-order valence-electron chi connectivity index (χ2n) is 10.5. The van der Waals surface area contributed by atoms with Crippen LogP contribution in [0.5, 0.6) is 0 Å². The van der Waals surface area contributed by atoms with Gasteiger partial charge < -0.3 is 9.40 Å². The van der Waals surface area contributed by atoms with Crippen molar-refractivity contribution in [1.82, 2.24) is 9.56 Å². The van der Waals surface area contributed by atoms with E-state index in [2.05, 4.69) is 121 Å². The smallest absolute Gasteiger partial charge is 0.494 e. The van der Waals surface area contributed by atoms with Crippen molar-refractivity contribution >= 4 is 45.0 Å². The Kier molecular flexibility index (Phi) is 8.15. The Balaban J connectivity index is 0.000000182. The fourth-order valence-corrected chi connectivity index (χ4v) is 4.87. The van der Waals surface area contributed by atoms with Crippen LogP contribution in [-0.2, 0) is 20.1 Å². The summed E-state index contributed by atoms with van der Waals surface area (Å²) >= 11 is 0. The molecular formula is C36H31IrN3O. The molecule has 41 heavy (non-hydrogen) atoms. The molecule has 4 nitrogen and oxygen atoms in total. The number of para-hydroxylation sites is 3. The number of rotatable bonds is 3. The Morgan fingerprint density at radius 3 is 2.27 bits per heavy atom. The molecule has 6 aromatic rings. The Morgan fingerprint density at radius 1 is 0.780 bits per heavy atom. The topological polar surface area (TPSA) is 32.0 Å². The molecule has 0 N–H and O–H groups in total. The van der Waals surface area contributed by atoms with Crippen molar-refractivity contribution in [2.75, 3.05) is 0 Å². The van der Waals surface area contributed by atoms with Gasteiger partial charge in [-0.2, -0.15) is 0 Å². The van der Waals surface area contributed by atoms with Crippen LogP contribution in [0.15, 0.2) is 95.5 Å². The average Bonchev–Trinajstić information content (AvgIpc) is 3.54. The molecule has 4 aromatic carbocycles. The summed E-state index contributed by atoms with van der Waals surface area (Å²) in [6, 6.07) is 39.2. The molecule has 5 heteroatoms. The molecule has 1 radical (unpaired) electrons. The molecule has 0 unspecified atom stereocenters. The zero-order valence-electron chi connectivity index (χ0n) is 23.8. The van der Waals surface area contributed by atoms with Crippen LogP contribution in [0, 0.1) is 32.9 Å². The SMILES string of the molecule is CC(C)[N+]1=C=[N+](c2[c-]cc3oc4ccccc4c3c2)c2ccccc21.Cc1c[c-]c(-c2cc(C)c(C)cn2)cc1.[Ir]. The Bertz CT molecular complexity index is 1940. The zero-order chi connectivity index (χ0) is 27.8. The van der Waals surface area contributed by atoms with Crippen molar-refractivity contribution in [3.63, 3.8) is 0 Å². The average molecular weight is 714 g/mol. The third-order valence-corrected chi connectivity index (χ3v) is 7.26. The normalized spacial score (nSPS) is 12.0. The fourth-order valence-electron chi connectivity index (χ4n) is 4.87. The van der Waals surface area contributed by atoms with Crippen LogP contribution in [0.2, 0.25) is 0 Å². The first kappa shape index (κ1) is 28.4.